The van der Waals surface area contributed by atoms with E-state index in [0.29, 0.717) is 6.07 Å². The van der Waals surface area contributed by atoms with Crippen molar-refractivity contribution in [1.82, 2.24) is 19.7 Å². The molecule has 0 amide bonds. The third-order valence-corrected chi connectivity index (χ3v) is 5.60. The van der Waals surface area contributed by atoms with Crippen molar-refractivity contribution in [3.63, 3.8) is 0 Å². The van der Waals surface area contributed by atoms with Gasteiger partial charge >= 0.3 is 0 Å². The molecule has 0 spiro atoms. The number of anilines is 1. The van der Waals surface area contributed by atoms with Crippen molar-refractivity contribution in [3.8, 4) is 11.3 Å². The number of aromatic nitrogens is 3. The quantitative estimate of drug-likeness (QED) is 0.390. The first kappa shape index (κ1) is 22.3. The molecule has 3 rings (SSSR count). The van der Waals surface area contributed by atoms with E-state index in [0.717, 1.165) is 12.3 Å². The van der Waals surface area contributed by atoms with Crippen molar-refractivity contribution >= 4 is 21.6 Å². The molecule has 1 aromatic carbocycles. The molecular formula is C19H17F2N5O4S. The minimum Gasteiger partial charge on any atom is -0.383 e. The normalized spacial score (nSPS) is 11.5. The Morgan fingerprint density at radius 2 is 2.00 bits per heavy atom. The Kier molecular flexibility index (Phi) is 6.63. The number of benzene rings is 1. The summed E-state index contributed by atoms with van der Waals surface area (Å²) in [5, 5.41) is 0. The maximum Gasteiger partial charge on any atom is 0.243 e. The van der Waals surface area contributed by atoms with E-state index < -0.39 is 32.3 Å². The smallest absolute Gasteiger partial charge is 0.243 e. The second-order valence-electron chi connectivity index (χ2n) is 6.21. The summed E-state index contributed by atoms with van der Waals surface area (Å²) in [6, 6.07) is 4.21. The topological polar surface area (TPSA) is 137 Å². The van der Waals surface area contributed by atoms with Crippen LogP contribution in [0.15, 0.2) is 47.8 Å². The van der Waals surface area contributed by atoms with Gasteiger partial charge in [0.15, 0.2) is 11.5 Å². The molecule has 2 heterocycles. The zero-order valence-electron chi connectivity index (χ0n) is 16.2. The Labute approximate surface area is 176 Å². The molecule has 0 fully saturated rings. The fourth-order valence-corrected chi connectivity index (χ4v) is 3.71. The van der Waals surface area contributed by atoms with Gasteiger partial charge in [0.05, 0.1) is 18.5 Å². The third kappa shape index (κ3) is 4.87. The lowest BCUT2D eigenvalue weighted by Crippen LogP contribution is -2.28. The second kappa shape index (κ2) is 9.20. The molecular weight excluding hydrogens is 432 g/mol. The SMILES string of the molecule is COCCNS(=O)(=O)c1cc(-c2cnc(N)c(C(=O)c3cccnc3)n2)c(F)cc1F. The van der Waals surface area contributed by atoms with Crippen molar-refractivity contribution in [2.75, 3.05) is 26.0 Å². The van der Waals surface area contributed by atoms with Gasteiger partial charge in [-0.2, -0.15) is 0 Å². The zero-order chi connectivity index (χ0) is 22.6. The lowest BCUT2D eigenvalue weighted by molar-refractivity contribution is 0.103. The van der Waals surface area contributed by atoms with Gasteiger partial charge in [-0.05, 0) is 18.2 Å². The Morgan fingerprint density at radius 1 is 1.23 bits per heavy atom. The fraction of sp³-hybridized carbons (Fsp3) is 0.158. The van der Waals surface area contributed by atoms with Crippen LogP contribution in [-0.2, 0) is 14.8 Å². The Morgan fingerprint density at radius 3 is 2.68 bits per heavy atom. The van der Waals surface area contributed by atoms with Crippen molar-refractivity contribution in [2.24, 2.45) is 0 Å². The molecule has 0 unspecified atom stereocenters. The summed E-state index contributed by atoms with van der Waals surface area (Å²) < 4.78 is 60.4. The number of hydrogen-bond donors (Lipinski definition) is 2. The summed E-state index contributed by atoms with van der Waals surface area (Å²) in [6.07, 6.45) is 3.82. The zero-order valence-corrected chi connectivity index (χ0v) is 17.0. The van der Waals surface area contributed by atoms with Gasteiger partial charge in [0, 0.05) is 43.2 Å². The summed E-state index contributed by atoms with van der Waals surface area (Å²) in [4.78, 5) is 23.6. The van der Waals surface area contributed by atoms with Crippen LogP contribution in [0.4, 0.5) is 14.6 Å². The van der Waals surface area contributed by atoms with Crippen LogP contribution in [0.3, 0.4) is 0 Å². The largest absolute Gasteiger partial charge is 0.383 e. The fourth-order valence-electron chi connectivity index (χ4n) is 2.62. The number of nitrogens with zero attached hydrogens (tertiary/aromatic N) is 3. The number of ketones is 1. The average molecular weight is 449 g/mol. The van der Waals surface area contributed by atoms with E-state index in [1.54, 1.807) is 0 Å². The molecule has 3 N–H and O–H groups in total. The molecule has 0 aliphatic heterocycles. The molecule has 0 saturated heterocycles. The van der Waals surface area contributed by atoms with E-state index in [1.807, 2.05) is 0 Å². The van der Waals surface area contributed by atoms with Gasteiger partial charge in [-0.3, -0.25) is 9.78 Å². The number of pyridine rings is 1. The molecule has 0 aliphatic rings. The predicted octanol–water partition coefficient (Wildman–Crippen LogP) is 1.55. The van der Waals surface area contributed by atoms with Gasteiger partial charge in [0.1, 0.15) is 16.5 Å². The molecule has 2 aromatic heterocycles. The number of ether oxygens (including phenoxy) is 1. The molecule has 0 saturated carbocycles. The summed E-state index contributed by atoms with van der Waals surface area (Å²) in [6.45, 7) is -0.0609. The molecule has 162 valence electrons. The van der Waals surface area contributed by atoms with Gasteiger partial charge in [-0.1, -0.05) is 0 Å². The van der Waals surface area contributed by atoms with Crippen LogP contribution >= 0.6 is 0 Å². The first-order valence-corrected chi connectivity index (χ1v) is 10.3. The molecule has 31 heavy (non-hydrogen) atoms. The first-order valence-electron chi connectivity index (χ1n) is 8.80. The summed E-state index contributed by atoms with van der Waals surface area (Å²) in [7, 11) is -2.94. The Balaban J connectivity index is 2.06. The molecule has 0 aliphatic carbocycles. The number of methoxy groups -OCH3 is 1. The number of hydrogen-bond acceptors (Lipinski definition) is 8. The number of nitrogens with one attached hydrogen (secondary N) is 1. The highest BCUT2D eigenvalue weighted by atomic mass is 32.2. The third-order valence-electron chi connectivity index (χ3n) is 4.12. The van der Waals surface area contributed by atoms with Crippen LogP contribution in [0.5, 0.6) is 0 Å². The van der Waals surface area contributed by atoms with Gasteiger partial charge in [-0.15, -0.1) is 0 Å². The van der Waals surface area contributed by atoms with Crippen LogP contribution < -0.4 is 10.5 Å². The van der Waals surface area contributed by atoms with E-state index in [1.165, 1.54) is 31.6 Å². The summed E-state index contributed by atoms with van der Waals surface area (Å²) >= 11 is 0. The van der Waals surface area contributed by atoms with Crippen molar-refractivity contribution in [2.45, 2.75) is 4.90 Å². The number of carbonyl (C=O) groups is 1. The highest BCUT2D eigenvalue weighted by Gasteiger charge is 2.24. The number of rotatable bonds is 8. The summed E-state index contributed by atoms with van der Waals surface area (Å²) in [5.41, 5.74) is 5.06. The van der Waals surface area contributed by atoms with E-state index in [-0.39, 0.29) is 41.5 Å². The lowest BCUT2D eigenvalue weighted by atomic mass is 10.1. The van der Waals surface area contributed by atoms with Crippen molar-refractivity contribution in [3.05, 3.63) is 65.7 Å². The van der Waals surface area contributed by atoms with Gasteiger partial charge in [0.25, 0.3) is 0 Å². The Bertz CT molecular complexity index is 1220. The average Bonchev–Trinajstić information content (AvgIpc) is 2.74. The number of nitrogens with two attached hydrogens (primary N) is 1. The van der Waals surface area contributed by atoms with E-state index in [2.05, 4.69) is 19.7 Å². The standard InChI is InChI=1S/C19H17F2N5O4S/c1-30-6-5-25-31(28,29)16-7-12(13(20)8-14(16)21)15-10-24-19(22)17(26-15)18(27)11-3-2-4-23-9-11/h2-4,7-10,25H,5-6H2,1H3,(H2,22,24). The minimum atomic E-state index is -4.31. The number of halogens is 2. The highest BCUT2D eigenvalue weighted by molar-refractivity contribution is 7.89. The first-order chi connectivity index (χ1) is 14.7. The van der Waals surface area contributed by atoms with Gasteiger partial charge < -0.3 is 10.5 Å². The summed E-state index contributed by atoms with van der Waals surface area (Å²) in [5.74, 6) is -3.21. The van der Waals surface area contributed by atoms with E-state index in [9.17, 15) is 22.0 Å². The maximum atomic E-state index is 14.5. The van der Waals surface area contributed by atoms with Gasteiger partial charge in [0.2, 0.25) is 15.8 Å². The maximum absolute atomic E-state index is 14.5. The number of sulfonamides is 1. The number of nitrogen functional groups attached to an aromatic ring is 1. The van der Waals surface area contributed by atoms with Crippen molar-refractivity contribution in [1.29, 1.82) is 0 Å². The molecule has 3 aromatic rings. The molecule has 9 nitrogen and oxygen atoms in total. The highest BCUT2D eigenvalue weighted by Crippen LogP contribution is 2.27. The predicted molar refractivity (Wildman–Crippen MR) is 107 cm³/mol. The molecule has 0 bridgehead atoms. The Hall–Kier alpha value is -3.35. The van der Waals surface area contributed by atoms with Crippen molar-refractivity contribution < 1.29 is 26.7 Å². The van der Waals surface area contributed by atoms with Crippen LogP contribution in [0.25, 0.3) is 11.3 Å². The second-order valence-corrected chi connectivity index (χ2v) is 7.95. The van der Waals surface area contributed by atoms with E-state index >= 15 is 0 Å². The van der Waals surface area contributed by atoms with Crippen LogP contribution in [0.2, 0.25) is 0 Å². The lowest BCUT2D eigenvalue weighted by Gasteiger charge is -2.11. The van der Waals surface area contributed by atoms with Crippen LogP contribution in [-0.4, -0.2) is 49.4 Å². The monoisotopic (exact) mass is 449 g/mol. The molecule has 0 atom stereocenters. The minimum absolute atomic E-state index is 0.0537. The number of carbonyl (C=O) groups excluding carboxylic acids is 1. The van der Waals surface area contributed by atoms with Crippen LogP contribution in [0.1, 0.15) is 16.1 Å². The molecule has 0 radical (unpaired) electrons. The van der Waals surface area contributed by atoms with Gasteiger partial charge in [-0.25, -0.2) is 31.9 Å². The molecule has 12 heteroatoms. The van der Waals surface area contributed by atoms with E-state index in [4.69, 9.17) is 10.5 Å². The van der Waals surface area contributed by atoms with Crippen LogP contribution in [0, 0.1) is 11.6 Å².